The molecule has 8 heteroatoms. The third-order valence-electron chi connectivity index (χ3n) is 16.4. The van der Waals surface area contributed by atoms with Crippen LogP contribution < -0.4 is 0 Å². The number of ether oxygens (including phenoxy) is 3. The summed E-state index contributed by atoms with van der Waals surface area (Å²) in [5, 5.41) is 34.1. The molecule has 0 radical (unpaired) electrons. The van der Waals surface area contributed by atoms with Crippen molar-refractivity contribution in [2.24, 2.45) is 56.7 Å². The predicted octanol–water partition coefficient (Wildman–Crippen LogP) is 4.91. The number of rotatable bonds is 5. The Balaban J connectivity index is 1.02. The van der Waals surface area contributed by atoms with Crippen LogP contribution in [0.15, 0.2) is 0 Å². The zero-order valence-corrected chi connectivity index (χ0v) is 29.5. The number of carbonyl (C=O) groups excluding carboxylic acids is 1. The SMILES string of the molecule is CC1CC(C(O)C(C)(C)O)OC2C1C1(C)CCC34CC35CCC(OC3CN(C(=O)C6CC6)CCO3)C(C)(C)C5CCC4C1(C)C2O. The van der Waals surface area contributed by atoms with Gasteiger partial charge in [0.1, 0.15) is 6.10 Å². The molecule has 3 N–H and O–H groups in total. The highest BCUT2D eigenvalue weighted by molar-refractivity contribution is 5.81. The van der Waals surface area contributed by atoms with Crippen molar-refractivity contribution in [1.82, 2.24) is 4.90 Å². The van der Waals surface area contributed by atoms with Crippen molar-refractivity contribution >= 4 is 5.91 Å². The maximum absolute atomic E-state index is 12.8. The summed E-state index contributed by atoms with van der Waals surface area (Å²) in [5.41, 5.74) is -0.999. The second kappa shape index (κ2) is 10.2. The molecule has 1 amide bonds. The van der Waals surface area contributed by atoms with Crippen LogP contribution in [-0.4, -0.2) is 88.2 Å². The zero-order valence-electron chi connectivity index (χ0n) is 29.5. The van der Waals surface area contributed by atoms with Gasteiger partial charge in [-0.1, -0.05) is 34.6 Å². The predicted molar refractivity (Wildman–Crippen MR) is 172 cm³/mol. The normalized spacial score (nSPS) is 53.3. The van der Waals surface area contributed by atoms with Crippen LogP contribution in [0.5, 0.6) is 0 Å². The van der Waals surface area contributed by atoms with Crippen LogP contribution in [0.4, 0.5) is 0 Å². The number of hydrogen-bond acceptors (Lipinski definition) is 7. The minimum absolute atomic E-state index is 0.000869. The molecule has 2 heterocycles. The summed E-state index contributed by atoms with van der Waals surface area (Å²) in [5.74, 6) is 2.06. The maximum Gasteiger partial charge on any atom is 0.225 e. The monoisotopic (exact) mass is 643 g/mol. The van der Waals surface area contributed by atoms with Crippen LogP contribution in [0.2, 0.25) is 0 Å². The Morgan fingerprint density at radius 2 is 1.70 bits per heavy atom. The lowest BCUT2D eigenvalue weighted by Crippen LogP contribution is -2.60. The van der Waals surface area contributed by atoms with Crippen molar-refractivity contribution < 1.29 is 34.3 Å². The van der Waals surface area contributed by atoms with Gasteiger partial charge >= 0.3 is 0 Å². The molecule has 8 aliphatic rings. The lowest BCUT2D eigenvalue weighted by molar-refractivity contribution is -0.248. The molecule has 0 aromatic heterocycles. The van der Waals surface area contributed by atoms with Crippen LogP contribution in [0.3, 0.4) is 0 Å². The smallest absolute Gasteiger partial charge is 0.225 e. The fraction of sp³-hybridized carbons (Fsp3) is 0.974. The molecule has 0 aromatic rings. The molecule has 260 valence electrons. The van der Waals surface area contributed by atoms with Gasteiger partial charge in [-0.25, -0.2) is 0 Å². The number of hydrogen-bond donors (Lipinski definition) is 3. The van der Waals surface area contributed by atoms with E-state index in [0.29, 0.717) is 49.3 Å². The van der Waals surface area contributed by atoms with E-state index in [0.717, 1.165) is 38.5 Å². The molecule has 14 atom stereocenters. The van der Waals surface area contributed by atoms with Crippen molar-refractivity contribution in [3.8, 4) is 0 Å². The second-order valence-corrected chi connectivity index (χ2v) is 19.1. The summed E-state index contributed by atoms with van der Waals surface area (Å²) >= 11 is 0. The molecule has 0 aromatic carbocycles. The summed E-state index contributed by atoms with van der Waals surface area (Å²) in [6.45, 7) is 17.1. The Labute approximate surface area is 276 Å². The van der Waals surface area contributed by atoms with Crippen molar-refractivity contribution in [3.05, 3.63) is 0 Å². The Kier molecular flexibility index (Phi) is 7.16. The van der Waals surface area contributed by atoms with Gasteiger partial charge in [0.25, 0.3) is 0 Å². The summed E-state index contributed by atoms with van der Waals surface area (Å²) in [4.78, 5) is 14.8. The molecular formula is C38H61NO7. The zero-order chi connectivity index (χ0) is 32.8. The first-order chi connectivity index (χ1) is 21.5. The van der Waals surface area contributed by atoms with Crippen molar-refractivity contribution in [3.63, 3.8) is 0 Å². The summed E-state index contributed by atoms with van der Waals surface area (Å²) in [6.07, 6.45) is 8.23. The van der Waals surface area contributed by atoms with E-state index in [1.165, 1.54) is 19.3 Å². The number of fused-ring (bicyclic) bond motifs is 4. The van der Waals surface area contributed by atoms with Crippen LogP contribution in [0, 0.1) is 56.7 Å². The average Bonchev–Trinajstić information content (AvgIpc) is 3.92. The number of nitrogens with zero attached hydrogens (tertiary/aromatic N) is 1. The van der Waals surface area contributed by atoms with E-state index in [1.807, 2.05) is 4.90 Å². The first-order valence-corrected chi connectivity index (χ1v) is 18.8. The van der Waals surface area contributed by atoms with Crippen molar-refractivity contribution in [1.29, 1.82) is 0 Å². The Morgan fingerprint density at radius 1 is 1.00 bits per heavy atom. The Bertz CT molecular complexity index is 1250. The Morgan fingerprint density at radius 3 is 2.39 bits per heavy atom. The molecule has 0 bridgehead atoms. The van der Waals surface area contributed by atoms with E-state index in [2.05, 4.69) is 34.6 Å². The topological polar surface area (TPSA) is 109 Å². The van der Waals surface area contributed by atoms with E-state index < -0.39 is 23.9 Å². The summed E-state index contributed by atoms with van der Waals surface area (Å²) in [7, 11) is 0. The molecule has 8 nitrogen and oxygen atoms in total. The second-order valence-electron chi connectivity index (χ2n) is 19.1. The van der Waals surface area contributed by atoms with Gasteiger partial charge in [-0.2, -0.15) is 0 Å². The quantitative estimate of drug-likeness (QED) is 0.391. The average molecular weight is 644 g/mol. The Hall–Kier alpha value is -0.770. The summed E-state index contributed by atoms with van der Waals surface area (Å²) < 4.78 is 19.6. The third-order valence-corrected chi connectivity index (χ3v) is 16.4. The van der Waals surface area contributed by atoms with E-state index in [1.54, 1.807) is 13.8 Å². The minimum Gasteiger partial charge on any atom is -0.390 e. The number of morpholine rings is 1. The number of aliphatic hydroxyl groups excluding tert-OH is 2. The molecular weight excluding hydrogens is 582 g/mol. The summed E-state index contributed by atoms with van der Waals surface area (Å²) in [6, 6.07) is 0. The number of amides is 1. The minimum atomic E-state index is -1.25. The molecule has 6 saturated carbocycles. The number of carbonyl (C=O) groups is 1. The fourth-order valence-electron chi connectivity index (χ4n) is 13.9. The van der Waals surface area contributed by atoms with Gasteiger partial charge in [-0.05, 0) is 123 Å². The van der Waals surface area contributed by atoms with Gasteiger partial charge in [0, 0.05) is 17.9 Å². The maximum atomic E-state index is 12.8. The van der Waals surface area contributed by atoms with Crippen molar-refractivity contribution in [2.45, 2.75) is 155 Å². The molecule has 14 unspecified atom stereocenters. The van der Waals surface area contributed by atoms with Crippen LogP contribution in [0.25, 0.3) is 0 Å². The third kappa shape index (κ3) is 4.15. The van der Waals surface area contributed by atoms with Gasteiger partial charge in [0.05, 0.1) is 43.2 Å². The first-order valence-electron chi connectivity index (χ1n) is 18.8. The van der Waals surface area contributed by atoms with Gasteiger partial charge in [-0.15, -0.1) is 0 Å². The van der Waals surface area contributed by atoms with E-state index in [4.69, 9.17) is 14.2 Å². The van der Waals surface area contributed by atoms with Gasteiger partial charge in [0.15, 0.2) is 6.29 Å². The standard InChI is InChI=1S/C38H61NO7/c1-21-18-23(30(40)34(4,5)43)45-29-28(21)35(6)14-15-38-20-37(38)13-12-26(46-27-19-39(16-17-44-27)32(42)22-8-9-22)33(2,3)24(37)10-11-25(38)36(35,7)31(29)41/h21-31,40-41,43H,8-20H2,1-7H3. The fourth-order valence-corrected chi connectivity index (χ4v) is 13.9. The first kappa shape index (κ1) is 32.4. The molecule has 46 heavy (non-hydrogen) atoms. The lowest BCUT2D eigenvalue weighted by Gasteiger charge is -2.64. The number of aliphatic hydroxyl groups is 3. The molecule has 2 spiro atoms. The molecule has 8 rings (SSSR count). The molecule has 6 aliphatic carbocycles. The van der Waals surface area contributed by atoms with Crippen LogP contribution in [-0.2, 0) is 19.0 Å². The van der Waals surface area contributed by atoms with Gasteiger partial charge in [0.2, 0.25) is 5.91 Å². The van der Waals surface area contributed by atoms with Crippen LogP contribution in [0.1, 0.15) is 113 Å². The highest BCUT2D eigenvalue weighted by atomic mass is 16.7. The van der Waals surface area contributed by atoms with Crippen LogP contribution >= 0.6 is 0 Å². The molecule has 2 aliphatic heterocycles. The van der Waals surface area contributed by atoms with Crippen molar-refractivity contribution in [2.75, 3.05) is 19.7 Å². The highest BCUT2D eigenvalue weighted by Gasteiger charge is 2.84. The van der Waals surface area contributed by atoms with E-state index >= 15 is 0 Å². The highest BCUT2D eigenvalue weighted by Crippen LogP contribution is 2.89. The lowest BCUT2D eigenvalue weighted by atomic mass is 9.41. The van der Waals surface area contributed by atoms with E-state index in [9.17, 15) is 20.1 Å². The van der Waals surface area contributed by atoms with E-state index in [-0.39, 0.29) is 57.9 Å². The largest absolute Gasteiger partial charge is 0.390 e. The van der Waals surface area contributed by atoms with Gasteiger partial charge < -0.3 is 34.4 Å². The van der Waals surface area contributed by atoms with Gasteiger partial charge in [-0.3, -0.25) is 4.79 Å². The molecule has 8 fully saturated rings. The molecule has 2 saturated heterocycles.